The molecule has 0 saturated heterocycles. The summed E-state index contributed by atoms with van der Waals surface area (Å²) < 4.78 is 1.79. The van der Waals surface area contributed by atoms with Crippen molar-refractivity contribution in [2.75, 3.05) is 0 Å². The third-order valence-electron chi connectivity index (χ3n) is 3.00. The van der Waals surface area contributed by atoms with E-state index < -0.39 is 0 Å². The van der Waals surface area contributed by atoms with Crippen LogP contribution in [0.15, 0.2) is 28.7 Å². The molecule has 2 aromatic rings. The zero-order valence-corrected chi connectivity index (χ0v) is 12.1. The lowest BCUT2D eigenvalue weighted by atomic mass is 10.3. The molecular weight excluding hydrogens is 272 g/mol. The summed E-state index contributed by atoms with van der Waals surface area (Å²) in [5.74, 6) is -0.155. The van der Waals surface area contributed by atoms with Gasteiger partial charge in [0, 0.05) is 23.2 Å². The van der Waals surface area contributed by atoms with Gasteiger partial charge >= 0.3 is 0 Å². The van der Waals surface area contributed by atoms with Gasteiger partial charge in [0.2, 0.25) is 5.91 Å². The number of hydrogen-bond donors (Lipinski definition) is 1. The van der Waals surface area contributed by atoms with Crippen molar-refractivity contribution in [1.82, 2.24) is 9.99 Å². The van der Waals surface area contributed by atoms with Crippen LogP contribution < -0.4 is 5.43 Å². The first-order chi connectivity index (χ1) is 9.61. The van der Waals surface area contributed by atoms with Gasteiger partial charge in [-0.25, -0.2) is 5.43 Å². The minimum Gasteiger partial charge on any atom is -0.339 e. The van der Waals surface area contributed by atoms with Gasteiger partial charge in [-0.2, -0.15) is 10.4 Å². The van der Waals surface area contributed by atoms with Gasteiger partial charge in [0.15, 0.2) is 0 Å². The number of aromatic nitrogens is 1. The van der Waals surface area contributed by atoms with Gasteiger partial charge in [-0.05, 0) is 24.4 Å². The van der Waals surface area contributed by atoms with Crippen LogP contribution in [-0.4, -0.2) is 16.7 Å². The van der Waals surface area contributed by atoms with E-state index in [4.69, 9.17) is 5.26 Å². The van der Waals surface area contributed by atoms with E-state index in [1.807, 2.05) is 31.5 Å². The van der Waals surface area contributed by atoms with Crippen molar-refractivity contribution >= 4 is 23.5 Å². The van der Waals surface area contributed by atoms with Gasteiger partial charge in [0.25, 0.3) is 0 Å². The van der Waals surface area contributed by atoms with Crippen molar-refractivity contribution in [2.24, 2.45) is 12.1 Å². The molecule has 5 nitrogen and oxygen atoms in total. The molecule has 1 amide bonds. The highest BCUT2D eigenvalue weighted by atomic mass is 32.1. The summed E-state index contributed by atoms with van der Waals surface area (Å²) in [4.78, 5) is 12.6. The molecule has 102 valence electrons. The average molecular weight is 286 g/mol. The highest BCUT2D eigenvalue weighted by Gasteiger charge is 2.07. The summed E-state index contributed by atoms with van der Waals surface area (Å²) in [6.07, 6.45) is 1.88. The molecule has 2 aromatic heterocycles. The Morgan fingerprint density at radius 1 is 1.65 bits per heavy atom. The van der Waals surface area contributed by atoms with Crippen LogP contribution in [0.1, 0.15) is 21.8 Å². The Labute approximate surface area is 121 Å². The van der Waals surface area contributed by atoms with Gasteiger partial charge < -0.3 is 4.57 Å². The van der Waals surface area contributed by atoms with Crippen molar-refractivity contribution in [3.05, 3.63) is 45.4 Å². The lowest BCUT2D eigenvalue weighted by molar-refractivity contribution is -0.120. The maximum Gasteiger partial charge on any atom is 0.245 e. The predicted octanol–water partition coefficient (Wildman–Crippen LogP) is 1.96. The monoisotopic (exact) mass is 286 g/mol. The van der Waals surface area contributed by atoms with Gasteiger partial charge in [-0.3, -0.25) is 4.79 Å². The minimum atomic E-state index is -0.155. The van der Waals surface area contributed by atoms with E-state index >= 15 is 0 Å². The summed E-state index contributed by atoms with van der Waals surface area (Å²) >= 11 is 1.54. The standard InChI is InChI=1S/C14H14N4OS/c1-10-11(6-12(8-15)18(10)2)9-16-17-14(19)7-13-4-3-5-20-13/h3-6,9H,7H2,1-2H3,(H,17,19). The normalized spacial score (nSPS) is 10.7. The number of nitrogens with zero attached hydrogens (tertiary/aromatic N) is 3. The fourth-order valence-corrected chi connectivity index (χ4v) is 2.45. The van der Waals surface area contributed by atoms with Crippen LogP contribution in [0, 0.1) is 18.3 Å². The van der Waals surface area contributed by atoms with Crippen LogP contribution in [0.3, 0.4) is 0 Å². The van der Waals surface area contributed by atoms with Crippen molar-refractivity contribution in [3.8, 4) is 6.07 Å². The Morgan fingerprint density at radius 3 is 3.05 bits per heavy atom. The minimum absolute atomic E-state index is 0.155. The van der Waals surface area contributed by atoms with Gasteiger partial charge in [-0.1, -0.05) is 6.07 Å². The van der Waals surface area contributed by atoms with Crippen molar-refractivity contribution in [2.45, 2.75) is 13.3 Å². The third kappa shape index (κ3) is 3.13. The number of amides is 1. The Hall–Kier alpha value is -2.39. The molecule has 0 spiro atoms. The molecule has 20 heavy (non-hydrogen) atoms. The molecule has 0 aliphatic rings. The number of carbonyl (C=O) groups is 1. The number of rotatable bonds is 4. The molecule has 0 aliphatic carbocycles. The summed E-state index contributed by atoms with van der Waals surface area (Å²) in [5, 5.41) is 14.8. The van der Waals surface area contributed by atoms with Gasteiger partial charge in [0.05, 0.1) is 12.6 Å². The second-order valence-electron chi connectivity index (χ2n) is 4.29. The molecule has 0 radical (unpaired) electrons. The Kier molecular flexibility index (Phi) is 4.33. The van der Waals surface area contributed by atoms with Crippen molar-refractivity contribution < 1.29 is 4.79 Å². The first kappa shape index (κ1) is 14.0. The van der Waals surface area contributed by atoms with E-state index in [0.717, 1.165) is 16.1 Å². The number of thiophene rings is 1. The van der Waals surface area contributed by atoms with Gasteiger partial charge in [-0.15, -0.1) is 11.3 Å². The molecule has 0 aliphatic heterocycles. The highest BCUT2D eigenvalue weighted by Crippen LogP contribution is 2.11. The zero-order chi connectivity index (χ0) is 14.5. The number of hydrazone groups is 1. The zero-order valence-electron chi connectivity index (χ0n) is 11.3. The van der Waals surface area contributed by atoms with Crippen molar-refractivity contribution in [1.29, 1.82) is 5.26 Å². The smallest absolute Gasteiger partial charge is 0.245 e. The number of nitrogens with one attached hydrogen (secondary N) is 1. The maximum absolute atomic E-state index is 11.6. The van der Waals surface area contributed by atoms with Crippen LogP contribution >= 0.6 is 11.3 Å². The molecule has 0 fully saturated rings. The first-order valence-electron chi connectivity index (χ1n) is 6.02. The van der Waals surface area contributed by atoms with Crippen molar-refractivity contribution in [3.63, 3.8) is 0 Å². The number of nitriles is 1. The second kappa shape index (κ2) is 6.17. The van der Waals surface area contributed by atoms with E-state index in [9.17, 15) is 4.79 Å². The molecule has 0 saturated carbocycles. The molecule has 1 N–H and O–H groups in total. The third-order valence-corrected chi connectivity index (χ3v) is 3.87. The first-order valence-corrected chi connectivity index (χ1v) is 6.90. The molecule has 0 unspecified atom stereocenters. The number of hydrogen-bond acceptors (Lipinski definition) is 4. The van der Waals surface area contributed by atoms with Crippen LogP contribution in [0.5, 0.6) is 0 Å². The highest BCUT2D eigenvalue weighted by molar-refractivity contribution is 7.10. The number of carbonyl (C=O) groups excluding carboxylic acids is 1. The summed E-state index contributed by atoms with van der Waals surface area (Å²) in [6, 6.07) is 7.66. The summed E-state index contributed by atoms with van der Waals surface area (Å²) in [6.45, 7) is 1.90. The average Bonchev–Trinajstić information content (AvgIpc) is 3.02. The Balaban J connectivity index is 1.97. The molecule has 6 heteroatoms. The lowest BCUT2D eigenvalue weighted by Gasteiger charge is -1.98. The van der Waals surface area contributed by atoms with E-state index in [-0.39, 0.29) is 5.91 Å². The summed E-state index contributed by atoms with van der Waals surface area (Å²) in [5.41, 5.74) is 4.80. The van der Waals surface area contributed by atoms with Crippen LogP contribution in [-0.2, 0) is 18.3 Å². The van der Waals surface area contributed by atoms with E-state index in [0.29, 0.717) is 12.1 Å². The second-order valence-corrected chi connectivity index (χ2v) is 5.32. The quantitative estimate of drug-likeness (QED) is 0.689. The molecule has 0 aromatic carbocycles. The van der Waals surface area contributed by atoms with Crippen LogP contribution in [0.4, 0.5) is 0 Å². The molecule has 0 atom stereocenters. The lowest BCUT2D eigenvalue weighted by Crippen LogP contribution is -2.19. The van der Waals surface area contributed by atoms with E-state index in [1.54, 1.807) is 16.8 Å². The fraction of sp³-hybridized carbons (Fsp3) is 0.214. The van der Waals surface area contributed by atoms with Crippen LogP contribution in [0.25, 0.3) is 0 Å². The Morgan fingerprint density at radius 2 is 2.45 bits per heavy atom. The van der Waals surface area contributed by atoms with Gasteiger partial charge in [0.1, 0.15) is 11.8 Å². The topological polar surface area (TPSA) is 70.2 Å². The van der Waals surface area contributed by atoms with Crippen LogP contribution in [0.2, 0.25) is 0 Å². The Bertz CT molecular complexity index is 677. The molecule has 2 heterocycles. The largest absolute Gasteiger partial charge is 0.339 e. The predicted molar refractivity (Wildman–Crippen MR) is 78.6 cm³/mol. The molecule has 2 rings (SSSR count). The van der Waals surface area contributed by atoms with E-state index in [1.165, 1.54) is 11.3 Å². The SMILES string of the molecule is Cc1c(C=NNC(=O)Cc2cccs2)cc(C#N)n1C. The fourth-order valence-electron chi connectivity index (χ4n) is 1.75. The summed E-state index contributed by atoms with van der Waals surface area (Å²) in [7, 11) is 1.82. The molecular formula is C14H14N4OS. The van der Waals surface area contributed by atoms with E-state index in [2.05, 4.69) is 16.6 Å². The maximum atomic E-state index is 11.6. The molecule has 0 bridgehead atoms.